The highest BCUT2D eigenvalue weighted by Gasteiger charge is 2.35. The number of rotatable bonds is 5. The fourth-order valence-corrected chi connectivity index (χ4v) is 5.36. The molecule has 0 fully saturated rings. The van der Waals surface area contributed by atoms with Crippen LogP contribution in [-0.2, 0) is 22.5 Å². The molecule has 40 heavy (non-hydrogen) atoms. The molecule has 1 atom stereocenters. The fourth-order valence-electron chi connectivity index (χ4n) is 5.36. The number of halogens is 1. The summed E-state index contributed by atoms with van der Waals surface area (Å²) in [6, 6.07) is 8.29. The lowest BCUT2D eigenvalue weighted by Crippen LogP contribution is -2.31. The molecule has 3 aromatic heterocycles. The Bertz CT molecular complexity index is 1650. The van der Waals surface area contributed by atoms with Crippen LogP contribution in [0.1, 0.15) is 41.8 Å². The predicted octanol–water partition coefficient (Wildman–Crippen LogP) is 4.29. The zero-order valence-electron chi connectivity index (χ0n) is 21.9. The molecule has 0 spiro atoms. The number of esters is 1. The van der Waals surface area contributed by atoms with E-state index < -0.39 is 11.9 Å². The van der Waals surface area contributed by atoms with Crippen molar-refractivity contribution < 1.29 is 33.3 Å². The van der Waals surface area contributed by atoms with E-state index in [1.807, 2.05) is 19.1 Å². The minimum atomic E-state index is -1.29. The molecule has 0 bridgehead atoms. The van der Waals surface area contributed by atoms with Gasteiger partial charge in [-0.25, -0.2) is 9.18 Å². The number of pyridine rings is 2. The van der Waals surface area contributed by atoms with Crippen LogP contribution in [0.25, 0.3) is 16.8 Å². The predicted molar refractivity (Wildman–Crippen MR) is 140 cm³/mol. The first kappa shape index (κ1) is 25.5. The number of aryl methyl sites for hydroxylation is 2. The second-order valence-corrected chi connectivity index (χ2v) is 9.64. The van der Waals surface area contributed by atoms with E-state index in [-0.39, 0.29) is 48.6 Å². The molecule has 1 N–H and O–H groups in total. The molecule has 6 rings (SSSR count). The maximum atomic E-state index is 15.1. The molecule has 0 saturated heterocycles. The van der Waals surface area contributed by atoms with Crippen molar-refractivity contribution in [2.75, 3.05) is 24.7 Å². The topological polar surface area (TPSA) is 128 Å². The minimum Gasteiger partial charge on any atom is -0.493 e. The van der Waals surface area contributed by atoms with Crippen molar-refractivity contribution in [2.45, 2.75) is 39.2 Å². The number of anilines is 1. The molecule has 12 heteroatoms. The Morgan fingerprint density at radius 2 is 1.95 bits per heavy atom. The number of benzene rings is 1. The maximum Gasteiger partial charge on any atom is 0.413 e. The van der Waals surface area contributed by atoms with Gasteiger partial charge >= 0.3 is 12.1 Å². The summed E-state index contributed by atoms with van der Waals surface area (Å²) in [5.41, 5.74) is 4.06. The number of carbonyl (C=O) groups excluding carboxylic acids is 1. The molecular weight excluding hydrogens is 521 g/mol. The number of aromatic nitrogens is 4. The highest BCUT2D eigenvalue weighted by molar-refractivity contribution is 5.91. The summed E-state index contributed by atoms with van der Waals surface area (Å²) in [5.74, 6) is -0.0883. The molecule has 4 aromatic rings. The number of carboxylic acid groups (broad SMARTS) is 1. The van der Waals surface area contributed by atoms with Crippen molar-refractivity contribution in [3.63, 3.8) is 0 Å². The zero-order valence-corrected chi connectivity index (χ0v) is 21.9. The lowest BCUT2D eigenvalue weighted by Gasteiger charge is -2.24. The van der Waals surface area contributed by atoms with E-state index in [9.17, 15) is 14.7 Å². The molecule has 0 aliphatic carbocycles. The van der Waals surface area contributed by atoms with Gasteiger partial charge in [-0.05, 0) is 38.1 Å². The van der Waals surface area contributed by atoms with E-state index in [2.05, 4.69) is 15.2 Å². The van der Waals surface area contributed by atoms with Crippen molar-refractivity contribution in [1.82, 2.24) is 19.6 Å². The molecule has 5 heterocycles. The first-order valence-corrected chi connectivity index (χ1v) is 12.9. The van der Waals surface area contributed by atoms with E-state index in [1.165, 1.54) is 16.8 Å². The summed E-state index contributed by atoms with van der Waals surface area (Å²) in [6.07, 6.45) is 0.780. The number of ether oxygens (including phenoxy) is 3. The van der Waals surface area contributed by atoms with E-state index >= 15 is 4.39 Å². The van der Waals surface area contributed by atoms with Crippen molar-refractivity contribution >= 4 is 23.5 Å². The van der Waals surface area contributed by atoms with Gasteiger partial charge in [0.25, 0.3) is 0 Å². The minimum absolute atomic E-state index is 0.154. The SMILES string of the molecule is CCOC(=O)CCc1ccc(-c2cc3c(n4cnnc24)N(C(=O)O)Cc2c(F)ccc4c2[C@@H](CO4)CO3)c(C)n1. The van der Waals surface area contributed by atoms with E-state index in [1.54, 1.807) is 19.1 Å². The quantitative estimate of drug-likeness (QED) is 0.364. The number of fused-ring (bicyclic) bond motifs is 3. The third kappa shape index (κ3) is 4.34. The molecule has 206 valence electrons. The molecule has 0 saturated carbocycles. The van der Waals surface area contributed by atoms with Gasteiger partial charge in [0.2, 0.25) is 0 Å². The monoisotopic (exact) mass is 547 g/mol. The average molecular weight is 548 g/mol. The van der Waals surface area contributed by atoms with E-state index in [4.69, 9.17) is 14.2 Å². The molecular formula is C28H26FN5O6. The summed E-state index contributed by atoms with van der Waals surface area (Å²) in [4.78, 5) is 30.1. The highest BCUT2D eigenvalue weighted by atomic mass is 19.1. The van der Waals surface area contributed by atoms with Gasteiger partial charge in [0.05, 0.1) is 38.7 Å². The normalized spacial score (nSPS) is 15.8. The molecule has 11 nitrogen and oxygen atoms in total. The van der Waals surface area contributed by atoms with Crippen LogP contribution in [-0.4, -0.2) is 56.6 Å². The van der Waals surface area contributed by atoms with Gasteiger partial charge in [-0.2, -0.15) is 0 Å². The molecule has 1 aromatic carbocycles. The van der Waals surface area contributed by atoms with Crippen LogP contribution in [0.2, 0.25) is 0 Å². The number of nitrogens with zero attached hydrogens (tertiary/aromatic N) is 5. The van der Waals surface area contributed by atoms with Crippen LogP contribution in [0, 0.1) is 12.7 Å². The number of hydrogen-bond donors (Lipinski definition) is 1. The van der Waals surface area contributed by atoms with E-state index in [0.29, 0.717) is 47.9 Å². The number of hydrogen-bond acceptors (Lipinski definition) is 8. The Hall–Kier alpha value is -4.74. The zero-order chi connectivity index (χ0) is 28.0. The third-order valence-corrected chi connectivity index (χ3v) is 7.19. The van der Waals surface area contributed by atoms with Gasteiger partial charge in [0, 0.05) is 40.1 Å². The lowest BCUT2D eigenvalue weighted by atomic mass is 9.95. The first-order chi connectivity index (χ1) is 19.4. The summed E-state index contributed by atoms with van der Waals surface area (Å²) in [6.45, 7) is 4.14. The van der Waals surface area contributed by atoms with Crippen LogP contribution in [0.5, 0.6) is 11.5 Å². The van der Waals surface area contributed by atoms with Gasteiger partial charge in [0.15, 0.2) is 17.2 Å². The van der Waals surface area contributed by atoms with Crippen molar-refractivity contribution in [1.29, 1.82) is 0 Å². The Balaban J connectivity index is 1.45. The third-order valence-electron chi connectivity index (χ3n) is 7.19. The number of amides is 1. The molecule has 2 aliphatic heterocycles. The van der Waals surface area contributed by atoms with Crippen molar-refractivity contribution in [3.8, 4) is 22.6 Å². The van der Waals surface area contributed by atoms with Crippen molar-refractivity contribution in [2.24, 2.45) is 0 Å². The Kier molecular flexibility index (Phi) is 6.45. The summed E-state index contributed by atoms with van der Waals surface area (Å²) < 4.78 is 33.7. The molecule has 1 amide bonds. The van der Waals surface area contributed by atoms with Gasteiger partial charge in [-0.1, -0.05) is 6.07 Å². The summed E-state index contributed by atoms with van der Waals surface area (Å²) in [7, 11) is 0. The fraction of sp³-hybridized carbons (Fsp3) is 0.321. The Labute approximate surface area is 228 Å². The second-order valence-electron chi connectivity index (χ2n) is 9.64. The Morgan fingerprint density at radius 1 is 1.15 bits per heavy atom. The molecule has 0 radical (unpaired) electrons. The first-order valence-electron chi connectivity index (χ1n) is 12.9. The van der Waals surface area contributed by atoms with Crippen LogP contribution in [0.15, 0.2) is 36.7 Å². The highest BCUT2D eigenvalue weighted by Crippen LogP contribution is 2.43. The lowest BCUT2D eigenvalue weighted by molar-refractivity contribution is -0.143. The van der Waals surface area contributed by atoms with Gasteiger partial charge < -0.3 is 19.3 Å². The van der Waals surface area contributed by atoms with E-state index in [0.717, 1.165) is 16.2 Å². The Morgan fingerprint density at radius 3 is 2.70 bits per heavy atom. The smallest absolute Gasteiger partial charge is 0.413 e. The standard InChI is InChI=1S/C28H26FN5O6/c1-3-38-24(35)9-5-17-4-6-18(15(2)31-17)19-10-23-27(34-14-30-32-26(19)34)33(28(36)37)11-20-21(29)7-8-22-25(20)16(12-39-22)13-40-23/h4,6-8,10,14,16H,3,5,9,11-13H2,1-2H3,(H,36,37)/t16-/m0/s1. The van der Waals surface area contributed by atoms with Crippen LogP contribution in [0.3, 0.4) is 0 Å². The second kappa shape index (κ2) is 10.1. The van der Waals surface area contributed by atoms with Gasteiger partial charge in [-0.15, -0.1) is 10.2 Å². The van der Waals surface area contributed by atoms with Crippen LogP contribution in [0.4, 0.5) is 15.0 Å². The average Bonchev–Trinajstić information content (AvgIpc) is 3.58. The molecule has 0 unspecified atom stereocenters. The van der Waals surface area contributed by atoms with Crippen LogP contribution >= 0.6 is 0 Å². The summed E-state index contributed by atoms with van der Waals surface area (Å²) in [5, 5.41) is 18.6. The van der Waals surface area contributed by atoms with Gasteiger partial charge in [-0.3, -0.25) is 19.1 Å². The molecule has 2 aliphatic rings. The summed E-state index contributed by atoms with van der Waals surface area (Å²) >= 11 is 0. The number of carbonyl (C=O) groups is 2. The van der Waals surface area contributed by atoms with Gasteiger partial charge in [0.1, 0.15) is 17.9 Å². The maximum absolute atomic E-state index is 15.1. The van der Waals surface area contributed by atoms with Crippen molar-refractivity contribution in [3.05, 3.63) is 65.0 Å². The van der Waals surface area contributed by atoms with Crippen LogP contribution < -0.4 is 14.4 Å². The largest absolute Gasteiger partial charge is 0.493 e.